The van der Waals surface area contributed by atoms with Gasteiger partial charge in [-0.25, -0.2) is 0 Å². The summed E-state index contributed by atoms with van der Waals surface area (Å²) in [4.78, 5) is 1.72. The number of para-hydroxylation sites is 1. The highest BCUT2D eigenvalue weighted by atomic mass is 32.2. The number of nitrogens with one attached hydrogen (secondary N) is 1. The Labute approximate surface area is 109 Å². The first-order chi connectivity index (χ1) is 8.54. The molecule has 1 aliphatic rings. The molecular formula is C12H9NO3S2. The van der Waals surface area contributed by atoms with Gasteiger partial charge in [0.25, 0.3) is 10.1 Å². The standard InChI is InChI=1S/C12H9NO3S2/c14-18(15,16)8-5-6-10-12(7-8)17-11-4-2-1-3-9(11)13-10/h1-7,13H,(H,14,15,16). The second-order valence-corrected chi connectivity index (χ2v) is 6.36. The van der Waals surface area contributed by atoms with Crippen LogP contribution < -0.4 is 5.32 Å². The lowest BCUT2D eigenvalue weighted by Gasteiger charge is -2.20. The van der Waals surface area contributed by atoms with E-state index in [-0.39, 0.29) is 4.90 Å². The van der Waals surface area contributed by atoms with E-state index < -0.39 is 10.1 Å². The maximum absolute atomic E-state index is 11.1. The molecule has 0 saturated heterocycles. The Kier molecular flexibility index (Phi) is 2.58. The number of rotatable bonds is 1. The van der Waals surface area contributed by atoms with Gasteiger partial charge in [-0.1, -0.05) is 23.9 Å². The smallest absolute Gasteiger partial charge is 0.294 e. The lowest BCUT2D eigenvalue weighted by atomic mass is 10.2. The minimum Gasteiger partial charge on any atom is -0.354 e. The molecule has 1 aliphatic heterocycles. The SMILES string of the molecule is O=S(=O)(O)c1ccc2c(c1)Sc1ccccc1N2. The van der Waals surface area contributed by atoms with E-state index in [9.17, 15) is 8.42 Å². The van der Waals surface area contributed by atoms with Gasteiger partial charge in [0.15, 0.2) is 0 Å². The Bertz CT molecular complexity index is 726. The number of anilines is 2. The van der Waals surface area contributed by atoms with Gasteiger partial charge >= 0.3 is 0 Å². The predicted octanol–water partition coefficient (Wildman–Crippen LogP) is 3.14. The van der Waals surface area contributed by atoms with Gasteiger partial charge in [-0.3, -0.25) is 4.55 Å². The Morgan fingerprint density at radius 2 is 1.72 bits per heavy atom. The van der Waals surface area contributed by atoms with E-state index in [2.05, 4.69) is 5.32 Å². The number of benzene rings is 2. The van der Waals surface area contributed by atoms with Crippen molar-refractivity contribution in [2.75, 3.05) is 5.32 Å². The summed E-state index contributed by atoms with van der Waals surface area (Å²) in [5.41, 5.74) is 1.83. The van der Waals surface area contributed by atoms with Crippen molar-refractivity contribution in [2.24, 2.45) is 0 Å². The van der Waals surface area contributed by atoms with E-state index in [4.69, 9.17) is 4.55 Å². The highest BCUT2D eigenvalue weighted by Crippen LogP contribution is 2.44. The maximum atomic E-state index is 11.1. The first kappa shape index (κ1) is 11.6. The molecule has 0 amide bonds. The van der Waals surface area contributed by atoms with Gasteiger partial charge in [0, 0.05) is 9.79 Å². The highest BCUT2D eigenvalue weighted by molar-refractivity contribution is 7.99. The average Bonchev–Trinajstić information content (AvgIpc) is 2.34. The van der Waals surface area contributed by atoms with E-state index in [1.54, 1.807) is 6.07 Å². The molecule has 0 spiro atoms. The predicted molar refractivity (Wildman–Crippen MR) is 70.1 cm³/mol. The van der Waals surface area contributed by atoms with Crippen molar-refractivity contribution in [3.8, 4) is 0 Å². The van der Waals surface area contributed by atoms with Crippen LogP contribution in [0.3, 0.4) is 0 Å². The van der Waals surface area contributed by atoms with Crippen molar-refractivity contribution in [2.45, 2.75) is 14.7 Å². The molecule has 0 unspecified atom stereocenters. The summed E-state index contributed by atoms with van der Waals surface area (Å²) in [6.45, 7) is 0. The van der Waals surface area contributed by atoms with Gasteiger partial charge in [0.2, 0.25) is 0 Å². The van der Waals surface area contributed by atoms with Crippen molar-refractivity contribution < 1.29 is 13.0 Å². The van der Waals surface area contributed by atoms with E-state index in [1.165, 1.54) is 23.9 Å². The highest BCUT2D eigenvalue weighted by Gasteiger charge is 2.18. The molecule has 92 valence electrons. The fraction of sp³-hybridized carbons (Fsp3) is 0. The summed E-state index contributed by atoms with van der Waals surface area (Å²) in [5, 5.41) is 3.22. The average molecular weight is 279 g/mol. The Hall–Kier alpha value is -1.50. The Morgan fingerprint density at radius 3 is 2.50 bits per heavy atom. The van der Waals surface area contributed by atoms with Gasteiger partial charge in [0.05, 0.1) is 16.3 Å². The molecule has 0 aliphatic carbocycles. The largest absolute Gasteiger partial charge is 0.354 e. The van der Waals surface area contributed by atoms with E-state index >= 15 is 0 Å². The minimum absolute atomic E-state index is 0.0880. The normalized spacial score (nSPS) is 13.4. The summed E-state index contributed by atoms with van der Waals surface area (Å²) in [5.74, 6) is 0. The van der Waals surface area contributed by atoms with Crippen LogP contribution in [0.2, 0.25) is 0 Å². The number of hydrogen-bond acceptors (Lipinski definition) is 4. The quantitative estimate of drug-likeness (QED) is 0.670. The van der Waals surface area contributed by atoms with Crippen molar-refractivity contribution in [1.29, 1.82) is 0 Å². The second kappa shape index (κ2) is 4.01. The van der Waals surface area contributed by atoms with E-state index in [0.717, 1.165) is 21.2 Å². The third-order valence-electron chi connectivity index (χ3n) is 2.63. The van der Waals surface area contributed by atoms with Crippen molar-refractivity contribution in [1.82, 2.24) is 0 Å². The van der Waals surface area contributed by atoms with Crippen LogP contribution >= 0.6 is 11.8 Å². The molecule has 0 aromatic heterocycles. The van der Waals surface area contributed by atoms with Crippen LogP contribution in [0, 0.1) is 0 Å². The molecule has 2 N–H and O–H groups in total. The molecule has 0 fully saturated rings. The molecule has 2 aromatic carbocycles. The van der Waals surface area contributed by atoms with Gasteiger partial charge in [-0.2, -0.15) is 8.42 Å². The number of hydrogen-bond donors (Lipinski definition) is 2. The van der Waals surface area contributed by atoms with Gasteiger partial charge in [-0.15, -0.1) is 0 Å². The molecule has 0 atom stereocenters. The molecule has 1 heterocycles. The molecule has 4 nitrogen and oxygen atoms in total. The van der Waals surface area contributed by atoms with Crippen LogP contribution in [0.15, 0.2) is 57.2 Å². The molecule has 2 aromatic rings. The second-order valence-electron chi connectivity index (χ2n) is 3.86. The topological polar surface area (TPSA) is 66.4 Å². The van der Waals surface area contributed by atoms with Gasteiger partial charge in [-0.05, 0) is 30.3 Å². The maximum Gasteiger partial charge on any atom is 0.294 e. The number of fused-ring (bicyclic) bond motifs is 2. The zero-order valence-electron chi connectivity index (χ0n) is 9.12. The summed E-state index contributed by atoms with van der Waals surface area (Å²) in [7, 11) is -4.15. The van der Waals surface area contributed by atoms with Crippen molar-refractivity contribution >= 4 is 33.3 Å². The summed E-state index contributed by atoms with van der Waals surface area (Å²) in [6, 6.07) is 12.3. The molecule has 3 rings (SSSR count). The Morgan fingerprint density at radius 1 is 1.00 bits per heavy atom. The summed E-state index contributed by atoms with van der Waals surface area (Å²) in [6.07, 6.45) is 0. The summed E-state index contributed by atoms with van der Waals surface area (Å²) >= 11 is 1.47. The van der Waals surface area contributed by atoms with E-state index in [0.29, 0.717) is 0 Å². The Balaban J connectivity index is 2.09. The fourth-order valence-electron chi connectivity index (χ4n) is 1.77. The van der Waals surface area contributed by atoms with Gasteiger partial charge < -0.3 is 5.32 Å². The van der Waals surface area contributed by atoms with Crippen molar-refractivity contribution in [3.05, 3.63) is 42.5 Å². The van der Waals surface area contributed by atoms with Crippen LogP contribution in [0.1, 0.15) is 0 Å². The monoisotopic (exact) mass is 279 g/mol. The lowest BCUT2D eigenvalue weighted by Crippen LogP contribution is -2.03. The van der Waals surface area contributed by atoms with Crippen LogP contribution in [0.25, 0.3) is 0 Å². The zero-order chi connectivity index (χ0) is 12.8. The van der Waals surface area contributed by atoms with Crippen LogP contribution in [-0.4, -0.2) is 13.0 Å². The fourth-order valence-corrected chi connectivity index (χ4v) is 3.38. The molecule has 0 radical (unpaired) electrons. The molecule has 18 heavy (non-hydrogen) atoms. The lowest BCUT2D eigenvalue weighted by molar-refractivity contribution is 0.483. The third-order valence-corrected chi connectivity index (χ3v) is 4.61. The molecule has 6 heteroatoms. The zero-order valence-corrected chi connectivity index (χ0v) is 10.8. The van der Waals surface area contributed by atoms with Crippen molar-refractivity contribution in [3.63, 3.8) is 0 Å². The molecular weight excluding hydrogens is 270 g/mol. The van der Waals surface area contributed by atoms with Crippen LogP contribution in [0.5, 0.6) is 0 Å². The van der Waals surface area contributed by atoms with E-state index in [1.807, 2.05) is 24.3 Å². The molecule has 0 saturated carbocycles. The van der Waals surface area contributed by atoms with Gasteiger partial charge in [0.1, 0.15) is 0 Å². The first-order valence-corrected chi connectivity index (χ1v) is 7.45. The molecule has 0 bridgehead atoms. The van der Waals surface area contributed by atoms with Crippen LogP contribution in [-0.2, 0) is 10.1 Å². The first-order valence-electron chi connectivity index (χ1n) is 5.19. The summed E-state index contributed by atoms with van der Waals surface area (Å²) < 4.78 is 31.2. The minimum atomic E-state index is -4.15. The third kappa shape index (κ3) is 1.98. The van der Waals surface area contributed by atoms with Crippen LogP contribution in [0.4, 0.5) is 11.4 Å².